The Kier molecular flexibility index (Phi) is 6.08. The second-order valence-electron chi connectivity index (χ2n) is 6.55. The fraction of sp³-hybridized carbons (Fsp3) is 0.333. The average Bonchev–Trinajstić information content (AvgIpc) is 3.09. The van der Waals surface area contributed by atoms with E-state index in [1.54, 1.807) is 12.1 Å². The van der Waals surface area contributed by atoms with Crippen molar-refractivity contribution in [2.45, 2.75) is 26.8 Å². The lowest BCUT2D eigenvalue weighted by Gasteiger charge is -2.21. The summed E-state index contributed by atoms with van der Waals surface area (Å²) in [5.74, 6) is 0.749. The summed E-state index contributed by atoms with van der Waals surface area (Å²) in [6.07, 6.45) is 0.947. The number of hydrogen-bond acceptors (Lipinski definition) is 5. The molecule has 6 heteroatoms. The van der Waals surface area contributed by atoms with Crippen LogP contribution in [-0.4, -0.2) is 36.5 Å². The maximum absolute atomic E-state index is 12.6. The molecule has 142 valence electrons. The first-order valence-corrected chi connectivity index (χ1v) is 9.07. The number of fused-ring (bicyclic) bond motifs is 1. The van der Waals surface area contributed by atoms with Gasteiger partial charge >= 0.3 is 0 Å². The van der Waals surface area contributed by atoms with Crippen LogP contribution in [0.2, 0.25) is 0 Å². The Morgan fingerprint density at radius 1 is 1.11 bits per heavy atom. The summed E-state index contributed by atoms with van der Waals surface area (Å²) in [5.41, 5.74) is 2.02. The molecule has 1 aliphatic rings. The zero-order valence-electron chi connectivity index (χ0n) is 15.7. The van der Waals surface area contributed by atoms with Crippen molar-refractivity contribution in [2.75, 3.05) is 25.2 Å². The Bertz CT molecular complexity index is 820. The van der Waals surface area contributed by atoms with Gasteiger partial charge in [0.05, 0.1) is 12.2 Å². The Hall–Kier alpha value is -2.86. The van der Waals surface area contributed by atoms with Gasteiger partial charge in [-0.2, -0.15) is 0 Å². The lowest BCUT2D eigenvalue weighted by molar-refractivity contribution is -0.117. The van der Waals surface area contributed by atoms with Gasteiger partial charge in [-0.15, -0.1) is 0 Å². The zero-order chi connectivity index (χ0) is 19.2. The fourth-order valence-electron chi connectivity index (χ4n) is 3.10. The number of anilines is 1. The third-order valence-electron chi connectivity index (χ3n) is 4.32. The second kappa shape index (κ2) is 8.68. The Labute approximate surface area is 159 Å². The number of hydrogen-bond donors (Lipinski definition) is 1. The van der Waals surface area contributed by atoms with Gasteiger partial charge in [-0.3, -0.25) is 14.5 Å². The first kappa shape index (κ1) is 18.9. The van der Waals surface area contributed by atoms with Gasteiger partial charge in [0.25, 0.3) is 0 Å². The van der Waals surface area contributed by atoms with Crippen LogP contribution in [0.5, 0.6) is 11.5 Å². The molecular weight excluding hydrogens is 344 g/mol. The molecule has 0 spiro atoms. The number of benzene rings is 2. The number of rotatable bonds is 8. The van der Waals surface area contributed by atoms with Gasteiger partial charge in [-0.25, -0.2) is 0 Å². The number of nitrogens with zero attached hydrogens (tertiary/aromatic N) is 1. The van der Waals surface area contributed by atoms with Gasteiger partial charge in [0.2, 0.25) is 12.7 Å². The number of ether oxygens (including phenoxy) is 2. The molecule has 0 saturated carbocycles. The predicted octanol–water partition coefficient (Wildman–Crippen LogP) is 3.47. The topological polar surface area (TPSA) is 67.9 Å². The van der Waals surface area contributed by atoms with E-state index >= 15 is 0 Å². The van der Waals surface area contributed by atoms with Gasteiger partial charge in [-0.05, 0) is 31.5 Å². The van der Waals surface area contributed by atoms with Crippen molar-refractivity contribution in [3.63, 3.8) is 0 Å². The molecule has 2 aromatic rings. The molecule has 0 aromatic heterocycles. The molecule has 3 rings (SSSR count). The minimum atomic E-state index is -0.166. The highest BCUT2D eigenvalue weighted by molar-refractivity contribution is 6.05. The summed E-state index contributed by atoms with van der Waals surface area (Å²) in [4.78, 5) is 26.7. The van der Waals surface area contributed by atoms with Crippen molar-refractivity contribution >= 4 is 17.4 Å². The maximum Gasteiger partial charge on any atom is 0.238 e. The quantitative estimate of drug-likeness (QED) is 0.723. The summed E-state index contributed by atoms with van der Waals surface area (Å²) >= 11 is 0. The van der Waals surface area contributed by atoms with E-state index in [4.69, 9.17) is 9.47 Å². The van der Waals surface area contributed by atoms with Crippen LogP contribution >= 0.6 is 0 Å². The Balaban J connectivity index is 1.71. The highest BCUT2D eigenvalue weighted by atomic mass is 16.7. The first-order valence-electron chi connectivity index (χ1n) is 9.07. The number of amides is 1. The molecule has 1 heterocycles. The summed E-state index contributed by atoms with van der Waals surface area (Å²) in [6, 6.07) is 13.3. The van der Waals surface area contributed by atoms with E-state index < -0.39 is 0 Å². The van der Waals surface area contributed by atoms with Crippen LogP contribution < -0.4 is 14.8 Å². The predicted molar refractivity (Wildman–Crippen MR) is 103 cm³/mol. The highest BCUT2D eigenvalue weighted by Crippen LogP contribution is 2.37. The lowest BCUT2D eigenvalue weighted by Crippen LogP contribution is -2.33. The summed E-state index contributed by atoms with van der Waals surface area (Å²) in [5, 5.41) is 2.86. The molecule has 0 aliphatic carbocycles. The van der Waals surface area contributed by atoms with E-state index in [0.717, 1.165) is 18.5 Å². The van der Waals surface area contributed by atoms with Crippen LogP contribution in [0.1, 0.15) is 36.2 Å². The van der Waals surface area contributed by atoms with E-state index in [2.05, 4.69) is 17.1 Å². The van der Waals surface area contributed by atoms with Crippen LogP contribution in [0.25, 0.3) is 0 Å². The highest BCUT2D eigenvalue weighted by Gasteiger charge is 2.21. The van der Waals surface area contributed by atoms with Gasteiger partial charge < -0.3 is 14.8 Å². The maximum atomic E-state index is 12.6. The molecular formula is C21H24N2O4. The van der Waals surface area contributed by atoms with Crippen LogP contribution in [0.15, 0.2) is 42.5 Å². The number of ketones is 1. The van der Waals surface area contributed by atoms with E-state index in [-0.39, 0.29) is 25.0 Å². The van der Waals surface area contributed by atoms with Crippen molar-refractivity contribution < 1.29 is 19.1 Å². The molecule has 1 N–H and O–H groups in total. The zero-order valence-corrected chi connectivity index (χ0v) is 15.7. The van der Waals surface area contributed by atoms with E-state index in [9.17, 15) is 9.59 Å². The molecule has 0 atom stereocenters. The molecule has 2 aromatic carbocycles. The SMILES string of the molecule is CCCN(CC(=O)Nc1cc2c(cc1C(C)=O)OCO2)Cc1ccccc1. The van der Waals surface area contributed by atoms with E-state index in [0.29, 0.717) is 29.3 Å². The van der Waals surface area contributed by atoms with Crippen molar-refractivity contribution in [3.8, 4) is 11.5 Å². The largest absolute Gasteiger partial charge is 0.454 e. The minimum Gasteiger partial charge on any atom is -0.454 e. The molecule has 0 radical (unpaired) electrons. The molecule has 27 heavy (non-hydrogen) atoms. The third kappa shape index (κ3) is 4.86. The molecule has 1 aliphatic heterocycles. The van der Waals surface area contributed by atoms with Gasteiger partial charge in [0.15, 0.2) is 17.3 Å². The summed E-state index contributed by atoms with van der Waals surface area (Å²) in [6.45, 7) is 5.42. The molecule has 0 fully saturated rings. The monoisotopic (exact) mass is 368 g/mol. The number of nitrogens with one attached hydrogen (secondary N) is 1. The standard InChI is InChI=1S/C21H24N2O4/c1-3-9-23(12-16-7-5-4-6-8-16)13-21(25)22-18-11-20-19(26-14-27-20)10-17(18)15(2)24/h4-8,10-11H,3,9,12-14H2,1-2H3,(H,22,25). The van der Waals surface area contributed by atoms with Crippen LogP contribution in [0.3, 0.4) is 0 Å². The smallest absolute Gasteiger partial charge is 0.238 e. The normalized spacial score (nSPS) is 12.3. The van der Waals surface area contributed by atoms with Crippen LogP contribution in [0.4, 0.5) is 5.69 Å². The van der Waals surface area contributed by atoms with Crippen molar-refractivity contribution in [1.82, 2.24) is 4.90 Å². The first-order chi connectivity index (χ1) is 13.1. The number of carbonyl (C=O) groups excluding carboxylic acids is 2. The summed E-state index contributed by atoms with van der Waals surface area (Å²) < 4.78 is 10.7. The van der Waals surface area contributed by atoms with Crippen LogP contribution in [0, 0.1) is 0 Å². The Morgan fingerprint density at radius 2 is 1.81 bits per heavy atom. The molecule has 0 bridgehead atoms. The molecule has 0 unspecified atom stereocenters. The second-order valence-corrected chi connectivity index (χ2v) is 6.55. The van der Waals surface area contributed by atoms with E-state index in [1.807, 2.05) is 30.3 Å². The van der Waals surface area contributed by atoms with Crippen molar-refractivity contribution in [2.24, 2.45) is 0 Å². The fourth-order valence-corrected chi connectivity index (χ4v) is 3.10. The molecule has 1 amide bonds. The Morgan fingerprint density at radius 3 is 2.48 bits per heavy atom. The van der Waals surface area contributed by atoms with Gasteiger partial charge in [0, 0.05) is 18.2 Å². The number of Topliss-reactive ketones (excluding diaryl/α,β-unsaturated/α-hetero) is 1. The number of carbonyl (C=O) groups is 2. The van der Waals surface area contributed by atoms with Gasteiger partial charge in [-0.1, -0.05) is 37.3 Å². The van der Waals surface area contributed by atoms with Crippen LogP contribution in [-0.2, 0) is 11.3 Å². The molecule has 6 nitrogen and oxygen atoms in total. The summed E-state index contributed by atoms with van der Waals surface area (Å²) in [7, 11) is 0. The van der Waals surface area contributed by atoms with Crippen molar-refractivity contribution in [1.29, 1.82) is 0 Å². The van der Waals surface area contributed by atoms with E-state index in [1.165, 1.54) is 6.92 Å². The minimum absolute atomic E-state index is 0.116. The van der Waals surface area contributed by atoms with Crippen molar-refractivity contribution in [3.05, 3.63) is 53.6 Å². The lowest BCUT2D eigenvalue weighted by atomic mass is 10.1. The third-order valence-corrected chi connectivity index (χ3v) is 4.32. The van der Waals surface area contributed by atoms with Gasteiger partial charge in [0.1, 0.15) is 0 Å². The average molecular weight is 368 g/mol. The molecule has 0 saturated heterocycles.